The highest BCUT2D eigenvalue weighted by Gasteiger charge is 2.14. The van der Waals surface area contributed by atoms with Gasteiger partial charge in [0.25, 0.3) is 0 Å². The van der Waals surface area contributed by atoms with Crippen molar-refractivity contribution in [3.05, 3.63) is 87.8 Å². The van der Waals surface area contributed by atoms with E-state index in [0.717, 1.165) is 39.3 Å². The van der Waals surface area contributed by atoms with Crippen molar-refractivity contribution in [3.63, 3.8) is 0 Å². The summed E-state index contributed by atoms with van der Waals surface area (Å²) in [6.45, 7) is 4.32. The van der Waals surface area contributed by atoms with Gasteiger partial charge in [0.05, 0.1) is 12.8 Å². The van der Waals surface area contributed by atoms with Gasteiger partial charge in [0, 0.05) is 12.6 Å². The number of aromatic nitrogens is 4. The molecule has 0 aliphatic heterocycles. The molecule has 0 saturated carbocycles. The van der Waals surface area contributed by atoms with Crippen LogP contribution in [0.1, 0.15) is 16.7 Å². The van der Waals surface area contributed by atoms with Gasteiger partial charge in [-0.05, 0) is 76.9 Å². The maximum atomic E-state index is 12.4. The fourth-order valence-corrected chi connectivity index (χ4v) is 3.49. The molecule has 0 radical (unpaired) electrons. The molecule has 0 unspecified atom stereocenters. The second kappa shape index (κ2) is 8.47. The highest BCUT2D eigenvalue weighted by molar-refractivity contribution is 5.67. The number of nitrogens with zero attached hydrogens (tertiary/aromatic N) is 4. The summed E-state index contributed by atoms with van der Waals surface area (Å²) >= 11 is 0. The zero-order valence-corrected chi connectivity index (χ0v) is 18.0. The van der Waals surface area contributed by atoms with Crippen LogP contribution in [0.2, 0.25) is 0 Å². The van der Waals surface area contributed by atoms with Crippen molar-refractivity contribution in [2.45, 2.75) is 20.5 Å². The Balaban J connectivity index is 1.65. The summed E-state index contributed by atoms with van der Waals surface area (Å²) in [6, 6.07) is 19.8. The maximum absolute atomic E-state index is 12.4. The Bertz CT molecular complexity index is 1290. The number of hydrogen-bond acceptors (Lipinski definition) is 5. The van der Waals surface area contributed by atoms with E-state index in [0.29, 0.717) is 12.3 Å². The van der Waals surface area contributed by atoms with E-state index in [1.54, 1.807) is 14.2 Å². The molecule has 0 aliphatic carbocycles. The first kappa shape index (κ1) is 20.4. The molecule has 0 saturated heterocycles. The summed E-state index contributed by atoms with van der Waals surface area (Å²) < 4.78 is 14.0. The highest BCUT2D eigenvalue weighted by atomic mass is 16.5. The molecule has 0 fully saturated rings. The van der Waals surface area contributed by atoms with Crippen LogP contribution in [0.4, 0.5) is 0 Å². The molecule has 4 aromatic rings. The van der Waals surface area contributed by atoms with Crippen molar-refractivity contribution in [3.8, 4) is 28.3 Å². The van der Waals surface area contributed by atoms with Crippen LogP contribution >= 0.6 is 0 Å². The molecule has 3 aromatic carbocycles. The summed E-state index contributed by atoms with van der Waals surface area (Å²) in [5.41, 5.74) is 5.44. The Morgan fingerprint density at radius 3 is 2.42 bits per heavy atom. The summed E-state index contributed by atoms with van der Waals surface area (Å²) in [5, 5.41) is 7.79. The molecule has 0 bridgehead atoms. The molecule has 1 heterocycles. The summed E-state index contributed by atoms with van der Waals surface area (Å²) in [4.78, 5) is 12.4. The van der Waals surface area contributed by atoms with E-state index in [2.05, 4.69) is 16.5 Å². The maximum Gasteiger partial charge on any atom is 0.368 e. The first-order valence-corrected chi connectivity index (χ1v) is 9.93. The molecule has 31 heavy (non-hydrogen) atoms. The first-order valence-electron chi connectivity index (χ1n) is 9.93. The third kappa shape index (κ3) is 4.21. The Labute approximate surface area is 180 Å². The molecule has 1 aromatic heterocycles. The number of hydrogen-bond donors (Lipinski definition) is 0. The largest absolute Gasteiger partial charge is 0.497 e. The average Bonchev–Trinajstić information content (AvgIpc) is 3.10. The van der Waals surface area contributed by atoms with Gasteiger partial charge in [-0.25, -0.2) is 4.79 Å². The van der Waals surface area contributed by atoms with Crippen LogP contribution in [0.5, 0.6) is 11.5 Å². The Morgan fingerprint density at radius 1 is 0.903 bits per heavy atom. The van der Waals surface area contributed by atoms with Crippen LogP contribution in [0.3, 0.4) is 0 Å². The van der Waals surface area contributed by atoms with Gasteiger partial charge in [0.1, 0.15) is 18.1 Å². The molecule has 7 heteroatoms. The minimum absolute atomic E-state index is 0.298. The predicted molar refractivity (Wildman–Crippen MR) is 119 cm³/mol. The van der Waals surface area contributed by atoms with Gasteiger partial charge in [0.15, 0.2) is 0 Å². The van der Waals surface area contributed by atoms with Gasteiger partial charge in [0.2, 0.25) is 0 Å². The van der Waals surface area contributed by atoms with Crippen LogP contribution in [0, 0.1) is 13.8 Å². The number of benzene rings is 3. The van der Waals surface area contributed by atoms with Gasteiger partial charge in [-0.3, -0.25) is 0 Å². The SMILES string of the molecule is COc1cccc(-c2cc(C)cc(OCc3c(C)cccc3-n3nnn(C)c3=O)c2)c1. The Hall–Kier alpha value is -3.87. The summed E-state index contributed by atoms with van der Waals surface area (Å²) in [7, 11) is 3.23. The minimum atomic E-state index is -0.303. The molecule has 0 amide bonds. The lowest BCUT2D eigenvalue weighted by Gasteiger charge is -2.14. The molecule has 0 aliphatic rings. The van der Waals surface area contributed by atoms with E-state index in [9.17, 15) is 4.79 Å². The van der Waals surface area contributed by atoms with Crippen molar-refractivity contribution in [1.82, 2.24) is 19.8 Å². The lowest BCUT2D eigenvalue weighted by Crippen LogP contribution is -2.23. The lowest BCUT2D eigenvalue weighted by molar-refractivity contribution is 0.304. The second-order valence-corrected chi connectivity index (χ2v) is 7.42. The third-order valence-corrected chi connectivity index (χ3v) is 5.17. The van der Waals surface area contributed by atoms with Crippen LogP contribution < -0.4 is 15.2 Å². The number of rotatable bonds is 6. The molecule has 0 N–H and O–H groups in total. The van der Waals surface area contributed by atoms with Crippen LogP contribution in [0.25, 0.3) is 16.8 Å². The van der Waals surface area contributed by atoms with Crippen LogP contribution in [-0.4, -0.2) is 26.9 Å². The van der Waals surface area contributed by atoms with Gasteiger partial charge in [-0.1, -0.05) is 30.3 Å². The van der Waals surface area contributed by atoms with E-state index >= 15 is 0 Å². The predicted octanol–water partition coefficient (Wildman–Crippen LogP) is 3.84. The Kier molecular flexibility index (Phi) is 5.58. The van der Waals surface area contributed by atoms with Gasteiger partial charge in [-0.2, -0.15) is 9.36 Å². The Morgan fingerprint density at radius 2 is 1.68 bits per heavy atom. The average molecular weight is 416 g/mol. The van der Waals surface area contributed by atoms with E-state index in [-0.39, 0.29) is 5.69 Å². The topological polar surface area (TPSA) is 71.2 Å². The van der Waals surface area contributed by atoms with E-state index in [4.69, 9.17) is 9.47 Å². The zero-order chi connectivity index (χ0) is 22.0. The van der Waals surface area contributed by atoms with E-state index in [1.807, 2.05) is 68.4 Å². The van der Waals surface area contributed by atoms with E-state index in [1.165, 1.54) is 9.36 Å². The highest BCUT2D eigenvalue weighted by Crippen LogP contribution is 2.29. The van der Waals surface area contributed by atoms with Crippen molar-refractivity contribution in [1.29, 1.82) is 0 Å². The van der Waals surface area contributed by atoms with Crippen molar-refractivity contribution in [2.24, 2.45) is 7.05 Å². The first-order chi connectivity index (χ1) is 15.0. The molecule has 0 spiro atoms. The third-order valence-electron chi connectivity index (χ3n) is 5.17. The number of methoxy groups -OCH3 is 1. The normalized spacial score (nSPS) is 10.8. The zero-order valence-electron chi connectivity index (χ0n) is 18.0. The lowest BCUT2D eigenvalue weighted by atomic mass is 10.0. The molecule has 0 atom stereocenters. The quantitative estimate of drug-likeness (QED) is 0.478. The van der Waals surface area contributed by atoms with Crippen LogP contribution in [0.15, 0.2) is 65.5 Å². The van der Waals surface area contributed by atoms with Crippen molar-refractivity contribution in [2.75, 3.05) is 7.11 Å². The standard InChI is InChI=1S/C24H24N4O3/c1-16-11-19(18-8-6-9-20(13-18)30-4)14-21(12-16)31-15-22-17(2)7-5-10-23(22)28-24(29)27(3)25-26-28/h5-14H,15H2,1-4H3. The molecular formula is C24H24N4O3. The number of aryl methyl sites for hydroxylation is 3. The summed E-state index contributed by atoms with van der Waals surface area (Å²) in [6.07, 6.45) is 0. The fourth-order valence-electron chi connectivity index (χ4n) is 3.49. The fraction of sp³-hybridized carbons (Fsp3) is 0.208. The van der Waals surface area contributed by atoms with Gasteiger partial charge >= 0.3 is 5.69 Å². The molecular weight excluding hydrogens is 392 g/mol. The van der Waals surface area contributed by atoms with Crippen molar-refractivity contribution < 1.29 is 9.47 Å². The summed E-state index contributed by atoms with van der Waals surface area (Å²) in [5.74, 6) is 1.55. The molecule has 7 nitrogen and oxygen atoms in total. The molecule has 4 rings (SSSR count). The number of ether oxygens (including phenoxy) is 2. The number of tetrazole rings is 1. The van der Waals surface area contributed by atoms with Gasteiger partial charge in [-0.15, -0.1) is 0 Å². The van der Waals surface area contributed by atoms with Crippen molar-refractivity contribution >= 4 is 0 Å². The smallest absolute Gasteiger partial charge is 0.368 e. The van der Waals surface area contributed by atoms with Gasteiger partial charge < -0.3 is 9.47 Å². The van der Waals surface area contributed by atoms with Crippen LogP contribution in [-0.2, 0) is 13.7 Å². The second-order valence-electron chi connectivity index (χ2n) is 7.42. The molecule has 158 valence electrons. The monoisotopic (exact) mass is 416 g/mol. The van der Waals surface area contributed by atoms with E-state index < -0.39 is 0 Å². The minimum Gasteiger partial charge on any atom is -0.497 e.